The summed E-state index contributed by atoms with van der Waals surface area (Å²) in [7, 11) is 0. The van der Waals surface area contributed by atoms with Gasteiger partial charge in [-0.05, 0) is 61.2 Å². The van der Waals surface area contributed by atoms with E-state index in [1.54, 1.807) is 30.3 Å². The quantitative estimate of drug-likeness (QED) is 0.423. The zero-order valence-electron chi connectivity index (χ0n) is 17.6. The van der Waals surface area contributed by atoms with Crippen LogP contribution in [0.25, 0.3) is 0 Å². The summed E-state index contributed by atoms with van der Waals surface area (Å²) in [5, 5.41) is 5.74. The molecule has 0 fully saturated rings. The second-order valence-corrected chi connectivity index (χ2v) is 7.46. The predicted octanol–water partition coefficient (Wildman–Crippen LogP) is 6.58. The molecule has 0 atom stereocenters. The number of halogens is 3. The van der Waals surface area contributed by atoms with Crippen molar-refractivity contribution in [3.8, 4) is 5.75 Å². The van der Waals surface area contributed by atoms with E-state index in [2.05, 4.69) is 34.4 Å². The van der Waals surface area contributed by atoms with Crippen LogP contribution in [0.15, 0.2) is 54.7 Å². The Hall–Kier alpha value is -3.29. The first-order valence-corrected chi connectivity index (χ1v) is 10.0. The van der Waals surface area contributed by atoms with Crippen molar-refractivity contribution in [2.24, 2.45) is 5.92 Å². The summed E-state index contributed by atoms with van der Waals surface area (Å²) in [6, 6.07) is 14.3. The SMILES string of the molecule is CCOc1ccc(Nc2ncc(C(F)(F)F)c(Nc3cccc(CC(C)C)c3)n2)cc1. The monoisotopic (exact) mass is 430 g/mol. The first-order chi connectivity index (χ1) is 14.7. The van der Waals surface area contributed by atoms with Crippen molar-refractivity contribution < 1.29 is 17.9 Å². The van der Waals surface area contributed by atoms with Crippen LogP contribution in [0.1, 0.15) is 31.9 Å². The van der Waals surface area contributed by atoms with Crippen molar-refractivity contribution in [2.45, 2.75) is 33.4 Å². The van der Waals surface area contributed by atoms with E-state index in [9.17, 15) is 13.2 Å². The molecular formula is C23H25F3N4O. The third kappa shape index (κ3) is 6.34. The summed E-state index contributed by atoms with van der Waals surface area (Å²) in [5.74, 6) is 0.880. The molecule has 0 aliphatic heterocycles. The highest BCUT2D eigenvalue weighted by atomic mass is 19.4. The molecule has 2 aromatic carbocycles. The van der Waals surface area contributed by atoms with E-state index in [1.807, 2.05) is 25.1 Å². The summed E-state index contributed by atoms with van der Waals surface area (Å²) < 4.78 is 46.0. The van der Waals surface area contributed by atoms with Gasteiger partial charge in [0.1, 0.15) is 17.1 Å². The molecule has 1 aromatic heterocycles. The maximum atomic E-state index is 13.5. The number of hydrogen-bond acceptors (Lipinski definition) is 5. The number of rotatable bonds is 8. The number of alkyl halides is 3. The van der Waals surface area contributed by atoms with Crippen LogP contribution >= 0.6 is 0 Å². The highest BCUT2D eigenvalue weighted by Gasteiger charge is 2.35. The van der Waals surface area contributed by atoms with E-state index in [-0.39, 0.29) is 11.8 Å². The first kappa shape index (κ1) is 22.4. The van der Waals surface area contributed by atoms with Crippen molar-refractivity contribution in [3.63, 3.8) is 0 Å². The van der Waals surface area contributed by atoms with Gasteiger partial charge in [-0.3, -0.25) is 0 Å². The summed E-state index contributed by atoms with van der Waals surface area (Å²) in [4.78, 5) is 7.94. The maximum absolute atomic E-state index is 13.5. The van der Waals surface area contributed by atoms with E-state index in [4.69, 9.17) is 4.74 Å². The third-order valence-electron chi connectivity index (χ3n) is 4.35. The number of ether oxygens (including phenoxy) is 1. The van der Waals surface area contributed by atoms with E-state index < -0.39 is 11.7 Å². The van der Waals surface area contributed by atoms with Gasteiger partial charge in [-0.1, -0.05) is 26.0 Å². The average molecular weight is 430 g/mol. The van der Waals surface area contributed by atoms with Gasteiger partial charge in [-0.2, -0.15) is 18.2 Å². The van der Waals surface area contributed by atoms with Gasteiger partial charge in [-0.25, -0.2) is 4.98 Å². The molecule has 2 N–H and O–H groups in total. The summed E-state index contributed by atoms with van der Waals surface area (Å²) in [6.45, 7) is 6.60. The minimum absolute atomic E-state index is 0.0537. The molecule has 1 heterocycles. The molecule has 3 aromatic rings. The fourth-order valence-corrected chi connectivity index (χ4v) is 3.06. The van der Waals surface area contributed by atoms with Gasteiger partial charge in [0.25, 0.3) is 0 Å². The van der Waals surface area contributed by atoms with Crippen molar-refractivity contribution in [2.75, 3.05) is 17.2 Å². The average Bonchev–Trinajstić information content (AvgIpc) is 2.69. The van der Waals surface area contributed by atoms with Gasteiger partial charge in [0.2, 0.25) is 5.95 Å². The van der Waals surface area contributed by atoms with E-state index in [0.717, 1.165) is 18.2 Å². The van der Waals surface area contributed by atoms with Gasteiger partial charge in [-0.15, -0.1) is 0 Å². The Labute approximate surface area is 179 Å². The lowest BCUT2D eigenvalue weighted by Crippen LogP contribution is -2.12. The Morgan fingerprint density at radius 3 is 2.39 bits per heavy atom. The van der Waals surface area contributed by atoms with Crippen LogP contribution in [0.4, 0.5) is 36.3 Å². The minimum Gasteiger partial charge on any atom is -0.494 e. The number of nitrogens with one attached hydrogen (secondary N) is 2. The zero-order valence-corrected chi connectivity index (χ0v) is 17.6. The molecule has 0 aliphatic carbocycles. The van der Waals surface area contributed by atoms with E-state index >= 15 is 0 Å². The Bertz CT molecular complexity index is 1000. The van der Waals surface area contributed by atoms with Gasteiger partial charge >= 0.3 is 6.18 Å². The van der Waals surface area contributed by atoms with Crippen molar-refractivity contribution in [1.29, 1.82) is 0 Å². The van der Waals surface area contributed by atoms with Crippen LogP contribution < -0.4 is 15.4 Å². The zero-order chi connectivity index (χ0) is 22.4. The molecule has 0 bridgehead atoms. The normalized spacial score (nSPS) is 11.5. The first-order valence-electron chi connectivity index (χ1n) is 10.0. The lowest BCUT2D eigenvalue weighted by Gasteiger charge is -2.16. The second kappa shape index (κ2) is 9.68. The summed E-state index contributed by atoms with van der Waals surface area (Å²) >= 11 is 0. The van der Waals surface area contributed by atoms with Gasteiger partial charge in [0.15, 0.2) is 0 Å². The van der Waals surface area contributed by atoms with E-state index in [0.29, 0.717) is 29.6 Å². The molecule has 0 unspecified atom stereocenters. The molecule has 5 nitrogen and oxygen atoms in total. The van der Waals surface area contributed by atoms with Gasteiger partial charge in [0, 0.05) is 17.6 Å². The lowest BCUT2D eigenvalue weighted by atomic mass is 10.0. The Morgan fingerprint density at radius 1 is 1.00 bits per heavy atom. The van der Waals surface area contributed by atoms with Gasteiger partial charge < -0.3 is 15.4 Å². The Balaban J connectivity index is 1.87. The molecular weight excluding hydrogens is 405 g/mol. The fourth-order valence-electron chi connectivity index (χ4n) is 3.06. The van der Waals surface area contributed by atoms with Crippen molar-refractivity contribution in [3.05, 3.63) is 65.9 Å². The van der Waals surface area contributed by atoms with Crippen LogP contribution in [0, 0.1) is 5.92 Å². The van der Waals surface area contributed by atoms with Crippen molar-refractivity contribution >= 4 is 23.1 Å². The van der Waals surface area contributed by atoms with Crippen LogP contribution in [0.3, 0.4) is 0 Å². The van der Waals surface area contributed by atoms with Crippen LogP contribution in [-0.4, -0.2) is 16.6 Å². The molecule has 3 rings (SSSR count). The third-order valence-corrected chi connectivity index (χ3v) is 4.35. The smallest absolute Gasteiger partial charge is 0.421 e. The second-order valence-electron chi connectivity index (χ2n) is 7.46. The number of anilines is 4. The lowest BCUT2D eigenvalue weighted by molar-refractivity contribution is -0.137. The maximum Gasteiger partial charge on any atom is 0.421 e. The molecule has 0 amide bonds. The van der Waals surface area contributed by atoms with Gasteiger partial charge in [0.05, 0.1) is 6.61 Å². The fraction of sp³-hybridized carbons (Fsp3) is 0.304. The molecule has 0 radical (unpaired) electrons. The largest absolute Gasteiger partial charge is 0.494 e. The highest BCUT2D eigenvalue weighted by Crippen LogP contribution is 2.35. The topological polar surface area (TPSA) is 59.1 Å². The minimum atomic E-state index is -4.59. The molecule has 0 aliphatic rings. The number of hydrogen-bond donors (Lipinski definition) is 2. The summed E-state index contributed by atoms with van der Waals surface area (Å²) in [5.41, 5.74) is 1.27. The standard InChI is InChI=1S/C23H25F3N4O/c1-4-31-19-10-8-17(9-11-19)29-22-27-14-20(23(24,25)26)21(30-22)28-18-7-5-6-16(13-18)12-15(2)3/h5-11,13-15H,4,12H2,1-3H3,(H2,27,28,29,30). The summed E-state index contributed by atoms with van der Waals surface area (Å²) in [6.07, 6.45) is -2.98. The molecule has 31 heavy (non-hydrogen) atoms. The highest BCUT2D eigenvalue weighted by molar-refractivity contribution is 5.63. The Morgan fingerprint density at radius 2 is 1.74 bits per heavy atom. The number of nitrogens with zero attached hydrogens (tertiary/aromatic N) is 2. The molecule has 8 heteroatoms. The van der Waals surface area contributed by atoms with E-state index in [1.165, 1.54) is 0 Å². The predicted molar refractivity (Wildman–Crippen MR) is 116 cm³/mol. The van der Waals surface area contributed by atoms with Crippen LogP contribution in [-0.2, 0) is 12.6 Å². The molecule has 164 valence electrons. The molecule has 0 spiro atoms. The molecule has 0 saturated carbocycles. The number of aromatic nitrogens is 2. The number of benzene rings is 2. The van der Waals surface area contributed by atoms with Crippen molar-refractivity contribution in [1.82, 2.24) is 9.97 Å². The van der Waals surface area contributed by atoms with Crippen LogP contribution in [0.2, 0.25) is 0 Å². The Kier molecular flexibility index (Phi) is 6.99. The van der Waals surface area contributed by atoms with Crippen LogP contribution in [0.5, 0.6) is 5.75 Å². The molecule has 0 saturated heterocycles.